The third kappa shape index (κ3) is 3.43. The molecule has 0 bridgehead atoms. The lowest BCUT2D eigenvalue weighted by molar-refractivity contribution is 0.223. The van der Waals surface area contributed by atoms with Gasteiger partial charge in [-0.1, -0.05) is 41.4 Å². The van der Waals surface area contributed by atoms with Crippen molar-refractivity contribution in [1.29, 1.82) is 0 Å². The van der Waals surface area contributed by atoms with Crippen LogP contribution in [-0.2, 0) is 5.54 Å². The summed E-state index contributed by atoms with van der Waals surface area (Å²) in [5.74, 6) is 0.706. The third-order valence-electron chi connectivity index (χ3n) is 3.39. The highest BCUT2D eigenvalue weighted by molar-refractivity contribution is 6.42. The molecule has 0 aliphatic rings. The molecule has 0 saturated carbocycles. The van der Waals surface area contributed by atoms with E-state index in [1.54, 1.807) is 19.2 Å². The van der Waals surface area contributed by atoms with Gasteiger partial charge in [-0.3, -0.25) is 0 Å². The molecule has 0 aliphatic carbocycles. The van der Waals surface area contributed by atoms with Gasteiger partial charge in [0.1, 0.15) is 5.75 Å². The standard InChI is InChI=1S/C16H17Cl2NO2/c1-16(10-20,11-7-8-12(17)13(18)9-11)19-14-5-3-4-6-15(14)21-2/h3-9,19-20H,10H2,1-2H3. The smallest absolute Gasteiger partial charge is 0.141 e. The molecule has 2 rings (SSSR count). The molecule has 0 saturated heterocycles. The average Bonchev–Trinajstić information content (AvgIpc) is 2.50. The van der Waals surface area contributed by atoms with E-state index >= 15 is 0 Å². The molecule has 21 heavy (non-hydrogen) atoms. The number of methoxy groups -OCH3 is 1. The minimum absolute atomic E-state index is 0.108. The Bertz CT molecular complexity index is 633. The first kappa shape index (κ1) is 16.0. The summed E-state index contributed by atoms with van der Waals surface area (Å²) in [6.07, 6.45) is 0. The molecule has 0 fully saturated rings. The van der Waals surface area contributed by atoms with E-state index in [2.05, 4.69) is 5.32 Å². The lowest BCUT2D eigenvalue weighted by Crippen LogP contribution is -2.36. The zero-order valence-corrected chi connectivity index (χ0v) is 13.4. The number of hydrogen-bond acceptors (Lipinski definition) is 3. The first-order valence-electron chi connectivity index (χ1n) is 6.48. The third-order valence-corrected chi connectivity index (χ3v) is 4.13. The zero-order valence-electron chi connectivity index (χ0n) is 11.9. The Kier molecular flexibility index (Phi) is 4.99. The van der Waals surface area contributed by atoms with Gasteiger partial charge in [0.2, 0.25) is 0 Å². The van der Waals surface area contributed by atoms with E-state index in [0.717, 1.165) is 11.3 Å². The molecule has 0 aliphatic heterocycles. The fourth-order valence-corrected chi connectivity index (χ4v) is 2.39. The number of rotatable bonds is 5. The van der Waals surface area contributed by atoms with Crippen molar-refractivity contribution in [3.63, 3.8) is 0 Å². The van der Waals surface area contributed by atoms with Crippen LogP contribution in [0.2, 0.25) is 10.0 Å². The van der Waals surface area contributed by atoms with Crippen LogP contribution in [0.1, 0.15) is 12.5 Å². The summed E-state index contributed by atoms with van der Waals surface area (Å²) in [6, 6.07) is 12.8. The quantitative estimate of drug-likeness (QED) is 0.860. The fraction of sp³-hybridized carbons (Fsp3) is 0.250. The molecule has 0 heterocycles. The Morgan fingerprint density at radius 2 is 1.86 bits per heavy atom. The van der Waals surface area contributed by atoms with Gasteiger partial charge in [0.05, 0.1) is 35.0 Å². The number of aliphatic hydroxyl groups excluding tert-OH is 1. The second-order valence-electron chi connectivity index (χ2n) is 4.94. The number of halogens is 2. The molecule has 0 aromatic heterocycles. The van der Waals surface area contributed by atoms with E-state index in [1.165, 1.54) is 0 Å². The van der Waals surface area contributed by atoms with Gasteiger partial charge in [-0.2, -0.15) is 0 Å². The Morgan fingerprint density at radius 1 is 1.14 bits per heavy atom. The maximum atomic E-state index is 9.84. The maximum Gasteiger partial charge on any atom is 0.141 e. The highest BCUT2D eigenvalue weighted by Gasteiger charge is 2.27. The summed E-state index contributed by atoms with van der Waals surface area (Å²) in [7, 11) is 1.61. The van der Waals surface area contributed by atoms with Crippen LogP contribution in [0.5, 0.6) is 5.75 Å². The lowest BCUT2D eigenvalue weighted by Gasteiger charge is -2.31. The minimum Gasteiger partial charge on any atom is -0.495 e. The van der Waals surface area contributed by atoms with Gasteiger partial charge in [-0.05, 0) is 36.8 Å². The molecule has 0 amide bonds. The lowest BCUT2D eigenvalue weighted by atomic mass is 9.92. The number of nitrogens with one attached hydrogen (secondary N) is 1. The molecule has 3 nitrogen and oxygen atoms in total. The van der Waals surface area contributed by atoms with Gasteiger partial charge in [0.25, 0.3) is 0 Å². The van der Waals surface area contributed by atoms with E-state index in [9.17, 15) is 5.11 Å². The molecule has 5 heteroatoms. The van der Waals surface area contributed by atoms with Crippen LogP contribution in [0.15, 0.2) is 42.5 Å². The van der Waals surface area contributed by atoms with Crippen molar-refractivity contribution in [2.75, 3.05) is 19.0 Å². The Labute approximate surface area is 134 Å². The van der Waals surface area contributed by atoms with Crippen molar-refractivity contribution in [2.24, 2.45) is 0 Å². The van der Waals surface area contributed by atoms with Crippen molar-refractivity contribution in [3.8, 4) is 5.75 Å². The van der Waals surface area contributed by atoms with E-state index in [0.29, 0.717) is 15.8 Å². The molecule has 1 unspecified atom stereocenters. The summed E-state index contributed by atoms with van der Waals surface area (Å²) in [6.45, 7) is 1.78. The summed E-state index contributed by atoms with van der Waals surface area (Å²) in [4.78, 5) is 0. The van der Waals surface area contributed by atoms with E-state index in [1.807, 2.05) is 37.3 Å². The number of para-hydroxylation sites is 2. The van der Waals surface area contributed by atoms with Crippen molar-refractivity contribution in [3.05, 3.63) is 58.1 Å². The van der Waals surface area contributed by atoms with Crippen LogP contribution in [0, 0.1) is 0 Å². The molecule has 2 aromatic rings. The van der Waals surface area contributed by atoms with E-state index in [-0.39, 0.29) is 6.61 Å². The molecule has 0 spiro atoms. The topological polar surface area (TPSA) is 41.5 Å². The van der Waals surface area contributed by atoms with Gasteiger partial charge in [-0.25, -0.2) is 0 Å². The van der Waals surface area contributed by atoms with Crippen LogP contribution in [0.3, 0.4) is 0 Å². The van der Waals surface area contributed by atoms with E-state index < -0.39 is 5.54 Å². The van der Waals surface area contributed by atoms with Crippen molar-refractivity contribution < 1.29 is 9.84 Å². The second kappa shape index (κ2) is 6.56. The summed E-state index contributed by atoms with van der Waals surface area (Å²) in [5.41, 5.74) is 0.927. The molecule has 0 radical (unpaired) electrons. The van der Waals surface area contributed by atoms with Crippen molar-refractivity contribution >= 4 is 28.9 Å². The Morgan fingerprint density at radius 3 is 2.48 bits per heavy atom. The molecular weight excluding hydrogens is 309 g/mol. The minimum atomic E-state index is -0.705. The average molecular weight is 326 g/mol. The van der Waals surface area contributed by atoms with Gasteiger partial charge >= 0.3 is 0 Å². The first-order valence-corrected chi connectivity index (χ1v) is 7.23. The van der Waals surface area contributed by atoms with Crippen LogP contribution in [-0.4, -0.2) is 18.8 Å². The van der Waals surface area contributed by atoms with Gasteiger partial charge in [0.15, 0.2) is 0 Å². The zero-order chi connectivity index (χ0) is 15.5. The summed E-state index contributed by atoms with van der Waals surface area (Å²) >= 11 is 12.0. The first-order chi connectivity index (χ1) is 10.00. The second-order valence-corrected chi connectivity index (χ2v) is 5.76. The van der Waals surface area contributed by atoms with E-state index in [4.69, 9.17) is 27.9 Å². The van der Waals surface area contributed by atoms with Gasteiger partial charge in [0, 0.05) is 0 Å². The fourth-order valence-electron chi connectivity index (χ4n) is 2.09. The van der Waals surface area contributed by atoms with Gasteiger partial charge in [-0.15, -0.1) is 0 Å². The summed E-state index contributed by atoms with van der Waals surface area (Å²) in [5, 5.41) is 14.1. The Hall–Kier alpha value is -1.42. The predicted molar refractivity (Wildman–Crippen MR) is 87.5 cm³/mol. The van der Waals surface area contributed by atoms with Crippen LogP contribution < -0.4 is 10.1 Å². The SMILES string of the molecule is COc1ccccc1NC(C)(CO)c1ccc(Cl)c(Cl)c1. The normalized spacial score (nSPS) is 13.6. The number of ether oxygens (including phenoxy) is 1. The van der Waals surface area contributed by atoms with Crippen LogP contribution in [0.25, 0.3) is 0 Å². The highest BCUT2D eigenvalue weighted by atomic mass is 35.5. The van der Waals surface area contributed by atoms with Crippen LogP contribution in [0.4, 0.5) is 5.69 Å². The van der Waals surface area contributed by atoms with Crippen molar-refractivity contribution in [1.82, 2.24) is 0 Å². The molecule has 112 valence electrons. The Balaban J connectivity index is 2.39. The number of hydrogen-bond donors (Lipinski definition) is 2. The van der Waals surface area contributed by atoms with Gasteiger partial charge < -0.3 is 15.2 Å². The van der Waals surface area contributed by atoms with Crippen LogP contribution >= 0.6 is 23.2 Å². The molecule has 2 N–H and O–H groups in total. The molecule has 1 atom stereocenters. The molecule has 2 aromatic carbocycles. The highest BCUT2D eigenvalue weighted by Crippen LogP contribution is 2.34. The number of anilines is 1. The maximum absolute atomic E-state index is 9.84. The number of aliphatic hydroxyl groups is 1. The predicted octanol–water partition coefficient (Wildman–Crippen LogP) is 4.32. The molecular formula is C16H17Cl2NO2. The summed E-state index contributed by atoms with van der Waals surface area (Å²) < 4.78 is 5.32. The number of benzene rings is 2. The largest absolute Gasteiger partial charge is 0.495 e. The monoisotopic (exact) mass is 325 g/mol. The van der Waals surface area contributed by atoms with Crippen molar-refractivity contribution in [2.45, 2.75) is 12.5 Å².